The van der Waals surface area contributed by atoms with E-state index in [4.69, 9.17) is 0 Å². The lowest BCUT2D eigenvalue weighted by atomic mass is 9.86. The fourth-order valence-electron chi connectivity index (χ4n) is 3.55. The van der Waals surface area contributed by atoms with Crippen LogP contribution in [0.15, 0.2) is 0 Å². The Bertz CT molecular complexity index is 477. The number of esters is 2. The van der Waals surface area contributed by atoms with E-state index in [1.165, 1.54) is 19.8 Å². The first-order valence-electron chi connectivity index (χ1n) is 9.45. The number of carbonyl (C=O) groups excluding carboxylic acids is 3. The minimum atomic E-state index is -0.608. The van der Waals surface area contributed by atoms with Gasteiger partial charge in [0.2, 0.25) is 5.91 Å². The Balaban J connectivity index is 1.74. The molecule has 0 aromatic heterocycles. The van der Waals surface area contributed by atoms with Crippen molar-refractivity contribution in [1.29, 1.82) is 0 Å². The maximum Gasteiger partial charge on any atom is 0.317 e. The number of hydrogen-bond donors (Lipinski definition) is 2. The highest BCUT2D eigenvalue weighted by Crippen LogP contribution is 2.26. The van der Waals surface area contributed by atoms with E-state index < -0.39 is 17.9 Å². The molecule has 0 bridgehead atoms. The second-order valence-electron chi connectivity index (χ2n) is 7.28. The van der Waals surface area contributed by atoms with Crippen LogP contribution in [0, 0.1) is 17.8 Å². The first kappa shape index (κ1) is 19.8. The minimum absolute atomic E-state index is 0.0793. The molecule has 2 rings (SSSR count). The number of nitrogens with one attached hydrogen (secondary N) is 2. The lowest BCUT2D eigenvalue weighted by Crippen LogP contribution is -2.51. The zero-order chi connectivity index (χ0) is 18.2. The molecule has 142 valence electrons. The molecule has 2 aliphatic heterocycles. The Morgan fingerprint density at radius 2 is 2.00 bits per heavy atom. The number of ether oxygens (including phenoxy) is 1. The zero-order valence-electron chi connectivity index (χ0n) is 15.4. The van der Waals surface area contributed by atoms with Gasteiger partial charge in [-0.25, -0.2) is 5.43 Å². The van der Waals surface area contributed by atoms with Crippen LogP contribution in [-0.4, -0.2) is 49.0 Å². The Labute approximate surface area is 149 Å². The average molecular weight is 353 g/mol. The van der Waals surface area contributed by atoms with Gasteiger partial charge in [0.15, 0.2) is 0 Å². The molecule has 0 aromatic rings. The second kappa shape index (κ2) is 9.87. The van der Waals surface area contributed by atoms with Crippen molar-refractivity contribution in [2.24, 2.45) is 17.8 Å². The van der Waals surface area contributed by atoms with Crippen molar-refractivity contribution in [3.8, 4) is 0 Å². The smallest absolute Gasteiger partial charge is 0.317 e. The summed E-state index contributed by atoms with van der Waals surface area (Å²) in [6, 6.07) is 0. The molecule has 2 atom stereocenters. The van der Waals surface area contributed by atoms with Crippen molar-refractivity contribution in [2.75, 3.05) is 26.2 Å². The zero-order valence-corrected chi connectivity index (χ0v) is 15.4. The number of nitrogens with zero attached hydrogens (tertiary/aromatic N) is 1. The first-order valence-corrected chi connectivity index (χ1v) is 9.45. The van der Waals surface area contributed by atoms with Gasteiger partial charge in [-0.2, -0.15) is 0 Å². The highest BCUT2D eigenvalue weighted by atomic mass is 16.6. The van der Waals surface area contributed by atoms with Crippen LogP contribution in [-0.2, 0) is 19.1 Å². The number of amides is 1. The van der Waals surface area contributed by atoms with Crippen molar-refractivity contribution < 1.29 is 19.1 Å². The number of hydrogen-bond acceptors (Lipinski definition) is 6. The van der Waals surface area contributed by atoms with Gasteiger partial charge in [0.05, 0.1) is 5.92 Å². The molecule has 0 saturated carbocycles. The van der Waals surface area contributed by atoms with Gasteiger partial charge >= 0.3 is 11.9 Å². The molecule has 0 aliphatic carbocycles. The third-order valence-electron chi connectivity index (χ3n) is 5.17. The molecule has 2 heterocycles. The fraction of sp³-hybridized carbons (Fsp3) is 0.833. The van der Waals surface area contributed by atoms with E-state index in [9.17, 15) is 14.4 Å². The maximum atomic E-state index is 12.6. The predicted octanol–water partition coefficient (Wildman–Crippen LogP) is 1.24. The summed E-state index contributed by atoms with van der Waals surface area (Å²) in [6.45, 7) is 6.02. The van der Waals surface area contributed by atoms with E-state index in [1.54, 1.807) is 11.9 Å². The molecule has 0 aromatic carbocycles. The molecule has 1 amide bonds. The summed E-state index contributed by atoms with van der Waals surface area (Å²) in [6.07, 6.45) is 6.40. The van der Waals surface area contributed by atoms with Gasteiger partial charge in [-0.05, 0) is 57.5 Å². The van der Waals surface area contributed by atoms with Crippen LogP contribution in [0.2, 0.25) is 0 Å². The molecule has 0 unspecified atom stereocenters. The molecule has 25 heavy (non-hydrogen) atoms. The number of piperidine rings is 2. The van der Waals surface area contributed by atoms with E-state index in [-0.39, 0.29) is 11.8 Å². The lowest BCUT2D eigenvalue weighted by Gasteiger charge is -2.34. The molecule has 2 N–H and O–H groups in total. The van der Waals surface area contributed by atoms with Crippen LogP contribution in [0.1, 0.15) is 52.4 Å². The number of carbonyl (C=O) groups is 3. The fourth-order valence-corrected chi connectivity index (χ4v) is 3.55. The van der Waals surface area contributed by atoms with Gasteiger partial charge in [-0.1, -0.05) is 6.92 Å². The predicted molar refractivity (Wildman–Crippen MR) is 93.2 cm³/mol. The minimum Gasteiger partial charge on any atom is -0.393 e. The maximum absolute atomic E-state index is 12.6. The quantitative estimate of drug-likeness (QED) is 0.529. The van der Waals surface area contributed by atoms with Gasteiger partial charge in [-0.3, -0.25) is 19.4 Å². The van der Waals surface area contributed by atoms with E-state index in [2.05, 4.69) is 15.5 Å². The second-order valence-corrected chi connectivity index (χ2v) is 7.28. The Hall–Kier alpha value is -1.47. The Kier molecular flexibility index (Phi) is 7.84. The third kappa shape index (κ3) is 6.40. The average Bonchev–Trinajstić information content (AvgIpc) is 2.59. The summed E-state index contributed by atoms with van der Waals surface area (Å²) in [5.41, 5.74) is 3.05. The van der Waals surface area contributed by atoms with Gasteiger partial charge in [0.1, 0.15) is 0 Å². The topological polar surface area (TPSA) is 87.7 Å². The summed E-state index contributed by atoms with van der Waals surface area (Å²) in [5, 5.41) is 5.02. The number of rotatable bonds is 7. The van der Waals surface area contributed by atoms with E-state index in [1.807, 2.05) is 0 Å². The van der Waals surface area contributed by atoms with E-state index >= 15 is 0 Å². The van der Waals surface area contributed by atoms with Crippen molar-refractivity contribution >= 4 is 17.8 Å². The van der Waals surface area contributed by atoms with E-state index in [0.29, 0.717) is 13.1 Å². The molecule has 2 fully saturated rings. The molecular weight excluding hydrogens is 322 g/mol. The van der Waals surface area contributed by atoms with E-state index in [0.717, 1.165) is 44.7 Å². The standard InChI is InChI=1S/C18H31N3O4/c1-13(18(24)25-14(2)22)12-20-21-11-3-4-16(17(21)23)6-5-15-7-9-19-10-8-15/h13,15-16,19-20H,3-12H2,1-2H3/t13-,16+/m1/s1. The van der Waals surface area contributed by atoms with Gasteiger partial charge in [-0.15, -0.1) is 0 Å². The normalized spacial score (nSPS) is 23.4. The van der Waals surface area contributed by atoms with Crippen LogP contribution < -0.4 is 10.7 Å². The summed E-state index contributed by atoms with van der Waals surface area (Å²) in [5.74, 6) is -0.704. The van der Waals surface area contributed by atoms with Crippen molar-refractivity contribution in [1.82, 2.24) is 15.8 Å². The molecule has 7 nitrogen and oxygen atoms in total. The van der Waals surface area contributed by atoms with Crippen LogP contribution in [0.4, 0.5) is 0 Å². The summed E-state index contributed by atoms with van der Waals surface area (Å²) >= 11 is 0. The van der Waals surface area contributed by atoms with Crippen LogP contribution in [0.25, 0.3) is 0 Å². The summed E-state index contributed by atoms with van der Waals surface area (Å²) in [7, 11) is 0. The van der Waals surface area contributed by atoms with Crippen LogP contribution >= 0.6 is 0 Å². The van der Waals surface area contributed by atoms with Crippen molar-refractivity contribution in [3.63, 3.8) is 0 Å². The Morgan fingerprint density at radius 3 is 2.68 bits per heavy atom. The Morgan fingerprint density at radius 1 is 1.28 bits per heavy atom. The SMILES string of the molecule is CC(=O)OC(=O)[C@H](C)CNN1CCC[C@@H](CCC2CCNCC2)C1=O. The van der Waals surface area contributed by atoms with Crippen LogP contribution in [0.3, 0.4) is 0 Å². The van der Waals surface area contributed by atoms with Crippen molar-refractivity contribution in [3.05, 3.63) is 0 Å². The highest BCUT2D eigenvalue weighted by Gasteiger charge is 2.30. The van der Waals surface area contributed by atoms with Gasteiger partial charge in [0, 0.05) is 25.9 Å². The molecule has 0 radical (unpaired) electrons. The van der Waals surface area contributed by atoms with Crippen LogP contribution in [0.5, 0.6) is 0 Å². The molecule has 0 spiro atoms. The third-order valence-corrected chi connectivity index (χ3v) is 5.17. The van der Waals surface area contributed by atoms with Gasteiger partial charge < -0.3 is 10.1 Å². The molecule has 7 heteroatoms. The highest BCUT2D eigenvalue weighted by molar-refractivity contribution is 5.85. The first-order chi connectivity index (χ1) is 12.0. The lowest BCUT2D eigenvalue weighted by molar-refractivity contribution is -0.161. The monoisotopic (exact) mass is 353 g/mol. The largest absolute Gasteiger partial charge is 0.393 e. The van der Waals surface area contributed by atoms with Gasteiger partial charge in [0.25, 0.3) is 0 Å². The number of hydrazine groups is 1. The molecule has 2 aliphatic rings. The molecular formula is C18H31N3O4. The summed E-state index contributed by atoms with van der Waals surface area (Å²) < 4.78 is 4.58. The van der Waals surface area contributed by atoms with Crippen molar-refractivity contribution in [2.45, 2.75) is 52.4 Å². The molecule has 2 saturated heterocycles. The summed E-state index contributed by atoms with van der Waals surface area (Å²) in [4.78, 5) is 35.1.